The number of amides is 1. The number of fused-ring (bicyclic) bond motifs is 1. The van der Waals surface area contributed by atoms with Gasteiger partial charge in [0.25, 0.3) is 0 Å². The van der Waals surface area contributed by atoms with Crippen LogP contribution in [-0.2, 0) is 4.79 Å². The maximum atomic E-state index is 10.7. The summed E-state index contributed by atoms with van der Waals surface area (Å²) < 4.78 is 16.0. The topological polar surface area (TPSA) is 70.8 Å². The average Bonchev–Trinajstić information content (AvgIpc) is 2.73. The summed E-state index contributed by atoms with van der Waals surface area (Å²) in [7, 11) is 0. The zero-order valence-electron chi connectivity index (χ0n) is 9.43. The van der Waals surface area contributed by atoms with E-state index in [0.29, 0.717) is 23.9 Å². The molecule has 0 bridgehead atoms. The summed E-state index contributed by atoms with van der Waals surface area (Å²) in [5.74, 6) is 1.40. The van der Waals surface area contributed by atoms with Crippen LogP contribution in [0.4, 0.5) is 0 Å². The zero-order chi connectivity index (χ0) is 12.3. The second kappa shape index (κ2) is 4.78. The lowest BCUT2D eigenvalue weighted by molar-refractivity contribution is -0.113. The second-order valence-electron chi connectivity index (χ2n) is 3.41. The highest BCUT2D eigenvalue weighted by atomic mass is 16.7. The molecule has 1 aromatic rings. The van der Waals surface area contributed by atoms with Crippen molar-refractivity contribution in [3.63, 3.8) is 0 Å². The number of hydrogen-bond acceptors (Lipinski definition) is 4. The molecule has 1 aromatic carbocycles. The van der Waals surface area contributed by atoms with Gasteiger partial charge in [-0.2, -0.15) is 0 Å². The molecule has 2 rings (SSSR count). The summed E-state index contributed by atoms with van der Waals surface area (Å²) in [6.45, 7) is 2.60. The Morgan fingerprint density at radius 1 is 1.47 bits per heavy atom. The number of ether oxygens (including phenoxy) is 3. The molecule has 1 aliphatic rings. The first-order valence-electron chi connectivity index (χ1n) is 5.24. The van der Waals surface area contributed by atoms with Gasteiger partial charge in [-0.1, -0.05) is 0 Å². The molecule has 1 amide bonds. The Kier molecular flexibility index (Phi) is 3.18. The third-order valence-corrected chi connectivity index (χ3v) is 2.23. The van der Waals surface area contributed by atoms with E-state index < -0.39 is 5.91 Å². The molecule has 0 spiro atoms. The number of hydrogen-bond donors (Lipinski definition) is 1. The third-order valence-electron chi connectivity index (χ3n) is 2.23. The molecule has 2 N–H and O–H groups in total. The number of carbonyl (C=O) groups excluding carboxylic acids is 1. The Labute approximate surface area is 98.8 Å². The lowest BCUT2D eigenvalue weighted by Crippen LogP contribution is -2.05. The van der Waals surface area contributed by atoms with Crippen molar-refractivity contribution in [2.24, 2.45) is 5.73 Å². The van der Waals surface area contributed by atoms with Gasteiger partial charge in [0.15, 0.2) is 11.5 Å². The first-order valence-corrected chi connectivity index (χ1v) is 5.24. The molecule has 17 heavy (non-hydrogen) atoms. The van der Waals surface area contributed by atoms with Crippen molar-refractivity contribution in [3.05, 3.63) is 23.8 Å². The fourth-order valence-electron chi connectivity index (χ4n) is 1.52. The largest absolute Gasteiger partial charge is 0.493 e. The molecule has 5 heteroatoms. The van der Waals surface area contributed by atoms with Crippen molar-refractivity contribution in [1.82, 2.24) is 0 Å². The van der Waals surface area contributed by atoms with Crippen LogP contribution >= 0.6 is 0 Å². The quantitative estimate of drug-likeness (QED) is 0.799. The van der Waals surface area contributed by atoms with Crippen LogP contribution in [-0.4, -0.2) is 19.3 Å². The van der Waals surface area contributed by atoms with Crippen LogP contribution in [0.2, 0.25) is 0 Å². The van der Waals surface area contributed by atoms with E-state index in [-0.39, 0.29) is 6.79 Å². The minimum Gasteiger partial charge on any atom is -0.493 e. The molecule has 1 heterocycles. The van der Waals surface area contributed by atoms with E-state index in [1.165, 1.54) is 6.08 Å². The molecule has 90 valence electrons. The summed E-state index contributed by atoms with van der Waals surface area (Å²) in [5, 5.41) is 0. The second-order valence-corrected chi connectivity index (χ2v) is 3.41. The molecule has 0 aromatic heterocycles. The van der Waals surface area contributed by atoms with Gasteiger partial charge in [0.05, 0.1) is 6.61 Å². The van der Waals surface area contributed by atoms with E-state index >= 15 is 0 Å². The Morgan fingerprint density at radius 3 is 2.82 bits per heavy atom. The van der Waals surface area contributed by atoms with E-state index in [1.807, 2.05) is 6.92 Å². The third kappa shape index (κ3) is 2.50. The number of benzene rings is 1. The standard InChI is InChI=1S/C12H13NO4/c1-2-15-9-6-11-10(16-7-17-11)5-8(9)3-4-12(13)14/h3-6H,2,7H2,1H3,(H2,13,14)/b4-3+. The Morgan fingerprint density at radius 2 is 2.18 bits per heavy atom. The van der Waals surface area contributed by atoms with E-state index in [2.05, 4.69) is 0 Å². The molecule has 5 nitrogen and oxygen atoms in total. The minimum absolute atomic E-state index is 0.198. The van der Waals surface area contributed by atoms with Crippen molar-refractivity contribution >= 4 is 12.0 Å². The highest BCUT2D eigenvalue weighted by molar-refractivity contribution is 5.90. The van der Waals surface area contributed by atoms with Gasteiger partial charge in [0, 0.05) is 17.7 Å². The fourth-order valence-corrected chi connectivity index (χ4v) is 1.52. The highest BCUT2D eigenvalue weighted by Crippen LogP contribution is 2.38. The van der Waals surface area contributed by atoms with Crippen LogP contribution in [0.25, 0.3) is 6.08 Å². The smallest absolute Gasteiger partial charge is 0.241 e. The number of nitrogens with two attached hydrogens (primary N) is 1. The lowest BCUT2D eigenvalue weighted by Gasteiger charge is -2.08. The van der Waals surface area contributed by atoms with Gasteiger partial charge in [-0.3, -0.25) is 4.79 Å². The normalized spacial score (nSPS) is 13.0. The molecule has 0 fully saturated rings. The number of rotatable bonds is 4. The monoisotopic (exact) mass is 235 g/mol. The van der Waals surface area contributed by atoms with Gasteiger partial charge >= 0.3 is 0 Å². The van der Waals surface area contributed by atoms with Gasteiger partial charge in [0.1, 0.15) is 5.75 Å². The van der Waals surface area contributed by atoms with Crippen LogP contribution in [0, 0.1) is 0 Å². The van der Waals surface area contributed by atoms with Crippen LogP contribution in [0.3, 0.4) is 0 Å². The van der Waals surface area contributed by atoms with Crippen molar-refractivity contribution < 1.29 is 19.0 Å². The van der Waals surface area contributed by atoms with Gasteiger partial charge in [-0.05, 0) is 19.1 Å². The molecule has 0 unspecified atom stereocenters. The molecular formula is C12H13NO4. The van der Waals surface area contributed by atoms with Crippen molar-refractivity contribution in [2.45, 2.75) is 6.92 Å². The van der Waals surface area contributed by atoms with Gasteiger partial charge in [-0.15, -0.1) is 0 Å². The van der Waals surface area contributed by atoms with Crippen LogP contribution in [0.1, 0.15) is 12.5 Å². The predicted octanol–water partition coefficient (Wildman–Crippen LogP) is 1.31. The van der Waals surface area contributed by atoms with Crippen LogP contribution in [0.5, 0.6) is 17.2 Å². The summed E-state index contributed by atoms with van der Waals surface area (Å²) in [6.07, 6.45) is 2.87. The SMILES string of the molecule is CCOc1cc2c(cc1/C=C/C(N)=O)OCO2. The first kappa shape index (κ1) is 11.3. The minimum atomic E-state index is -0.509. The average molecular weight is 235 g/mol. The van der Waals surface area contributed by atoms with Gasteiger partial charge in [0.2, 0.25) is 12.7 Å². The van der Waals surface area contributed by atoms with Crippen molar-refractivity contribution in [2.75, 3.05) is 13.4 Å². The fraction of sp³-hybridized carbons (Fsp3) is 0.250. The van der Waals surface area contributed by atoms with Gasteiger partial charge < -0.3 is 19.9 Å². The van der Waals surface area contributed by atoms with E-state index in [9.17, 15) is 4.79 Å². The molecule has 0 saturated carbocycles. The number of carbonyl (C=O) groups is 1. The van der Waals surface area contributed by atoms with E-state index in [4.69, 9.17) is 19.9 Å². The first-order chi connectivity index (χ1) is 8.20. The van der Waals surface area contributed by atoms with Crippen molar-refractivity contribution in [3.8, 4) is 17.2 Å². The van der Waals surface area contributed by atoms with E-state index in [1.54, 1.807) is 18.2 Å². The molecule has 0 radical (unpaired) electrons. The summed E-state index contributed by atoms with van der Waals surface area (Å²) in [6, 6.07) is 3.50. The van der Waals surface area contributed by atoms with Crippen LogP contribution in [0.15, 0.2) is 18.2 Å². The molecular weight excluding hydrogens is 222 g/mol. The molecule has 0 aliphatic carbocycles. The summed E-state index contributed by atoms with van der Waals surface area (Å²) >= 11 is 0. The van der Waals surface area contributed by atoms with Crippen molar-refractivity contribution in [1.29, 1.82) is 0 Å². The zero-order valence-corrected chi connectivity index (χ0v) is 9.43. The van der Waals surface area contributed by atoms with Crippen LogP contribution < -0.4 is 19.9 Å². The maximum absolute atomic E-state index is 10.7. The lowest BCUT2D eigenvalue weighted by atomic mass is 10.1. The highest BCUT2D eigenvalue weighted by Gasteiger charge is 2.16. The molecule has 1 aliphatic heterocycles. The van der Waals surface area contributed by atoms with Gasteiger partial charge in [-0.25, -0.2) is 0 Å². The predicted molar refractivity (Wildman–Crippen MR) is 62.0 cm³/mol. The maximum Gasteiger partial charge on any atom is 0.241 e. The summed E-state index contributed by atoms with van der Waals surface area (Å²) in [4.78, 5) is 10.7. The summed E-state index contributed by atoms with van der Waals surface area (Å²) in [5.41, 5.74) is 5.79. The van der Waals surface area contributed by atoms with E-state index in [0.717, 1.165) is 5.56 Å². The Hall–Kier alpha value is -2.17. The molecule has 0 atom stereocenters. The number of primary amides is 1. The molecule has 0 saturated heterocycles. The Balaban J connectivity index is 2.37. The Bertz CT molecular complexity index is 468.